The number of amides is 3. The van der Waals surface area contributed by atoms with Gasteiger partial charge in [0.15, 0.2) is 0 Å². The summed E-state index contributed by atoms with van der Waals surface area (Å²) in [5.41, 5.74) is 4.22. The van der Waals surface area contributed by atoms with Crippen molar-refractivity contribution in [2.24, 2.45) is 11.8 Å². The fourth-order valence-electron chi connectivity index (χ4n) is 5.91. The fourth-order valence-corrected chi connectivity index (χ4v) is 7.11. The molecule has 3 aromatic rings. The molecule has 2 atom stereocenters. The van der Waals surface area contributed by atoms with Gasteiger partial charge >= 0.3 is 0 Å². The first-order chi connectivity index (χ1) is 16.8. The molecule has 174 valence electrons. The molecule has 1 fully saturated rings. The molecule has 0 aromatic heterocycles. The summed E-state index contributed by atoms with van der Waals surface area (Å²) < 4.78 is -0.865. The zero-order valence-corrected chi connectivity index (χ0v) is 19.8. The van der Waals surface area contributed by atoms with Crippen molar-refractivity contribution >= 4 is 45.0 Å². The van der Waals surface area contributed by atoms with Gasteiger partial charge in [0.1, 0.15) is 6.54 Å². The summed E-state index contributed by atoms with van der Waals surface area (Å²) in [5.74, 6) is -2.85. The molecule has 7 rings (SSSR count). The van der Waals surface area contributed by atoms with E-state index in [0.717, 1.165) is 27.2 Å². The quantitative estimate of drug-likeness (QED) is 0.237. The lowest BCUT2D eigenvalue weighted by atomic mass is 9.55. The molecule has 1 heterocycles. The second-order valence-corrected chi connectivity index (χ2v) is 10.2. The second kappa shape index (κ2) is 7.58. The summed E-state index contributed by atoms with van der Waals surface area (Å²) in [6.07, 6.45) is 0. The summed E-state index contributed by atoms with van der Waals surface area (Å²) in [6.45, 7) is -0.426. The van der Waals surface area contributed by atoms with E-state index in [-0.39, 0.29) is 23.4 Å². The monoisotopic (exact) mass is 531 g/mol. The predicted octanol–water partition coefficient (Wildman–Crippen LogP) is 3.93. The molecular weight excluding hydrogens is 514 g/mol. The van der Waals surface area contributed by atoms with Crippen LogP contribution in [-0.2, 0) is 18.7 Å². The number of benzene rings is 3. The Kier molecular flexibility index (Phi) is 4.69. The number of alkyl halides is 1. The van der Waals surface area contributed by atoms with Gasteiger partial charge in [0.05, 0.1) is 21.1 Å². The number of non-ortho nitro benzene ring substituents is 1. The third kappa shape index (κ3) is 2.94. The number of anilines is 1. The Hall–Kier alpha value is -3.85. The van der Waals surface area contributed by atoms with Gasteiger partial charge in [-0.05, 0) is 34.4 Å². The first-order valence-corrected chi connectivity index (χ1v) is 11.9. The molecule has 1 N–H and O–H groups in total. The van der Waals surface area contributed by atoms with E-state index in [1.165, 1.54) is 24.3 Å². The highest BCUT2D eigenvalue weighted by Crippen LogP contribution is 2.66. The number of nitrogens with zero attached hydrogens (tertiary/aromatic N) is 2. The van der Waals surface area contributed by atoms with Gasteiger partial charge < -0.3 is 5.32 Å². The van der Waals surface area contributed by atoms with E-state index >= 15 is 0 Å². The van der Waals surface area contributed by atoms with Crippen molar-refractivity contribution in [1.82, 2.24) is 4.90 Å². The van der Waals surface area contributed by atoms with Crippen LogP contribution in [-0.4, -0.2) is 34.1 Å². The van der Waals surface area contributed by atoms with E-state index in [9.17, 15) is 24.5 Å². The van der Waals surface area contributed by atoms with E-state index < -0.39 is 33.5 Å². The Morgan fingerprint density at radius 1 is 0.943 bits per heavy atom. The molecule has 1 saturated heterocycles. The topological polar surface area (TPSA) is 110 Å². The van der Waals surface area contributed by atoms with E-state index in [4.69, 9.17) is 0 Å². The van der Waals surface area contributed by atoms with Crippen molar-refractivity contribution in [1.29, 1.82) is 0 Å². The maximum Gasteiger partial charge on any atom is 0.269 e. The molecule has 1 aliphatic heterocycles. The van der Waals surface area contributed by atoms with Crippen LogP contribution in [0.15, 0.2) is 72.8 Å². The number of carbonyl (C=O) groups is 3. The lowest BCUT2D eigenvalue weighted by Crippen LogP contribution is -2.50. The van der Waals surface area contributed by atoms with Gasteiger partial charge in [0, 0.05) is 23.7 Å². The Balaban J connectivity index is 1.33. The number of nitro benzene ring substituents is 1. The number of nitro groups is 1. The Morgan fingerprint density at radius 2 is 1.51 bits per heavy atom. The molecule has 4 aliphatic rings. The number of rotatable bonds is 4. The van der Waals surface area contributed by atoms with Crippen LogP contribution in [0.5, 0.6) is 0 Å². The Bertz CT molecular complexity index is 1390. The summed E-state index contributed by atoms with van der Waals surface area (Å²) in [4.78, 5) is 51.5. The predicted molar refractivity (Wildman–Crippen MR) is 130 cm³/mol. The normalized spacial score (nSPS) is 25.6. The number of imide groups is 1. The molecule has 3 aliphatic carbocycles. The SMILES string of the molecule is O=C(CN1C(=O)[C@@H]2C3c4ccccc4C(Br)(c4ccccc43)[C@@H]2C1=O)Nc1ccc([N+](=O)[O-])cc1. The van der Waals surface area contributed by atoms with Gasteiger partial charge in [-0.25, -0.2) is 0 Å². The molecule has 8 nitrogen and oxygen atoms in total. The maximum atomic E-state index is 13.7. The van der Waals surface area contributed by atoms with Crippen molar-refractivity contribution in [3.8, 4) is 0 Å². The number of nitrogens with one attached hydrogen (secondary N) is 1. The highest BCUT2D eigenvalue weighted by Gasteiger charge is 2.67. The number of halogens is 1. The lowest BCUT2D eigenvalue weighted by molar-refractivity contribution is -0.384. The second-order valence-electron chi connectivity index (χ2n) is 8.98. The molecule has 3 aromatic carbocycles. The van der Waals surface area contributed by atoms with Crippen molar-refractivity contribution in [2.45, 2.75) is 10.2 Å². The van der Waals surface area contributed by atoms with Gasteiger partial charge in [-0.2, -0.15) is 0 Å². The minimum Gasteiger partial charge on any atom is -0.325 e. The van der Waals surface area contributed by atoms with Crippen LogP contribution in [0.1, 0.15) is 28.2 Å². The van der Waals surface area contributed by atoms with Crippen LogP contribution in [0.2, 0.25) is 0 Å². The van der Waals surface area contributed by atoms with Gasteiger partial charge in [0.2, 0.25) is 17.7 Å². The molecule has 0 radical (unpaired) electrons. The van der Waals surface area contributed by atoms with Crippen LogP contribution in [0.25, 0.3) is 0 Å². The smallest absolute Gasteiger partial charge is 0.269 e. The molecule has 3 amide bonds. The molecule has 2 bridgehead atoms. The third-order valence-corrected chi connectivity index (χ3v) is 8.62. The van der Waals surface area contributed by atoms with E-state index in [2.05, 4.69) is 21.2 Å². The minimum atomic E-state index is -0.865. The van der Waals surface area contributed by atoms with Crippen LogP contribution in [0.4, 0.5) is 11.4 Å². The number of carbonyl (C=O) groups excluding carboxylic acids is 3. The first-order valence-electron chi connectivity index (χ1n) is 11.1. The van der Waals surface area contributed by atoms with E-state index in [1.54, 1.807) is 0 Å². The highest BCUT2D eigenvalue weighted by molar-refractivity contribution is 9.09. The van der Waals surface area contributed by atoms with E-state index in [0.29, 0.717) is 5.69 Å². The third-order valence-electron chi connectivity index (χ3n) is 7.27. The lowest BCUT2D eigenvalue weighted by Gasteiger charge is -2.51. The highest BCUT2D eigenvalue weighted by atomic mass is 79.9. The molecule has 35 heavy (non-hydrogen) atoms. The summed E-state index contributed by atoms with van der Waals surface area (Å²) in [6, 6.07) is 21.1. The first kappa shape index (κ1) is 21.7. The zero-order chi connectivity index (χ0) is 24.5. The zero-order valence-electron chi connectivity index (χ0n) is 18.2. The summed E-state index contributed by atoms with van der Waals surface area (Å²) in [7, 11) is 0. The average Bonchev–Trinajstić information content (AvgIpc) is 3.11. The number of hydrogen-bond acceptors (Lipinski definition) is 5. The standard InChI is InChI=1S/C26H18BrN3O5/c27-26-18-7-3-1-5-16(18)21(17-6-2-4-8-19(17)26)22-23(26)25(33)29(24(22)32)13-20(31)28-14-9-11-15(12-10-14)30(34)35/h1-12,21-23H,13H2,(H,28,31)/t21?,22-,23+,26?/m1/s1. The van der Waals surface area contributed by atoms with Crippen molar-refractivity contribution in [3.63, 3.8) is 0 Å². The van der Waals surface area contributed by atoms with Gasteiger partial charge in [0.25, 0.3) is 5.69 Å². The Morgan fingerprint density at radius 3 is 2.09 bits per heavy atom. The van der Waals surface area contributed by atoms with Gasteiger partial charge in [-0.1, -0.05) is 64.5 Å². The summed E-state index contributed by atoms with van der Waals surface area (Å²) in [5, 5.41) is 13.5. The number of hydrogen-bond donors (Lipinski definition) is 1. The Labute approximate surface area is 208 Å². The number of likely N-dealkylation sites (tertiary alicyclic amines) is 1. The molecule has 0 unspecified atom stereocenters. The van der Waals surface area contributed by atoms with Crippen LogP contribution >= 0.6 is 15.9 Å². The summed E-state index contributed by atoms with van der Waals surface area (Å²) >= 11 is 3.92. The van der Waals surface area contributed by atoms with Crippen LogP contribution in [0, 0.1) is 22.0 Å². The van der Waals surface area contributed by atoms with Crippen molar-refractivity contribution in [2.75, 3.05) is 11.9 Å². The fraction of sp³-hybridized carbons (Fsp3) is 0.192. The average molecular weight is 532 g/mol. The van der Waals surface area contributed by atoms with Crippen LogP contribution in [0.3, 0.4) is 0 Å². The minimum absolute atomic E-state index is 0.103. The van der Waals surface area contributed by atoms with Crippen LogP contribution < -0.4 is 5.32 Å². The largest absolute Gasteiger partial charge is 0.325 e. The van der Waals surface area contributed by atoms with Gasteiger partial charge in [-0.15, -0.1) is 0 Å². The molecule has 9 heteroatoms. The molecular formula is C26H18BrN3O5. The molecule has 0 saturated carbocycles. The maximum absolute atomic E-state index is 13.7. The van der Waals surface area contributed by atoms with Crippen molar-refractivity contribution < 1.29 is 19.3 Å². The van der Waals surface area contributed by atoms with Gasteiger partial charge in [-0.3, -0.25) is 29.4 Å². The van der Waals surface area contributed by atoms with Crippen molar-refractivity contribution in [3.05, 3.63) is 105 Å². The van der Waals surface area contributed by atoms with E-state index in [1.807, 2.05) is 48.5 Å². The molecule has 0 spiro atoms.